The molecule has 0 unspecified atom stereocenters. The van der Waals surface area contributed by atoms with Crippen LogP contribution in [0.1, 0.15) is 41.0 Å². The summed E-state index contributed by atoms with van der Waals surface area (Å²) in [4.78, 5) is 12.5. The van der Waals surface area contributed by atoms with Gasteiger partial charge in [-0.2, -0.15) is 0 Å². The first-order valence-electron chi connectivity index (χ1n) is 10.3. The lowest BCUT2D eigenvalue weighted by molar-refractivity contribution is -0.353. The van der Waals surface area contributed by atoms with Crippen LogP contribution >= 0.6 is 0 Å². The normalized spacial score (nSPS) is 59.7. The van der Waals surface area contributed by atoms with Gasteiger partial charge in [0.05, 0.1) is 24.4 Å². The van der Waals surface area contributed by atoms with Crippen LogP contribution in [0.3, 0.4) is 0 Å². The Balaban J connectivity index is 2.07. The average molecular weight is 412 g/mol. The monoisotopic (exact) mass is 412 g/mol. The Labute approximate surface area is 169 Å². The Morgan fingerprint density at radius 3 is 2.21 bits per heavy atom. The lowest BCUT2D eigenvalue weighted by Gasteiger charge is -2.72. The number of ether oxygens (including phenoxy) is 1. The van der Waals surface area contributed by atoms with E-state index in [1.165, 1.54) is 6.92 Å². The topological polar surface area (TPSA) is 148 Å². The molecule has 6 N–H and O–H groups in total. The van der Waals surface area contributed by atoms with Gasteiger partial charge < -0.3 is 35.4 Å². The van der Waals surface area contributed by atoms with Gasteiger partial charge in [-0.25, -0.2) is 4.79 Å². The van der Waals surface area contributed by atoms with Crippen molar-refractivity contribution in [1.82, 2.24) is 0 Å². The summed E-state index contributed by atoms with van der Waals surface area (Å²) in [6, 6.07) is 0. The molecule has 0 amide bonds. The second-order valence-corrected chi connectivity index (χ2v) is 10.1. The quantitative estimate of drug-likeness (QED) is 0.221. The molecule has 8 heteroatoms. The van der Waals surface area contributed by atoms with Crippen LogP contribution in [0.25, 0.3) is 0 Å². The molecule has 4 aliphatic rings. The smallest absolute Gasteiger partial charge is 0.338 e. The second-order valence-electron chi connectivity index (χ2n) is 10.1. The van der Waals surface area contributed by atoms with E-state index in [0.29, 0.717) is 0 Å². The number of carbonyl (C=O) groups is 1. The van der Waals surface area contributed by atoms with Crippen molar-refractivity contribution in [2.45, 2.75) is 83.3 Å². The molecule has 0 radical (unpaired) electrons. The van der Waals surface area contributed by atoms with Crippen LogP contribution in [0.2, 0.25) is 0 Å². The molecule has 8 nitrogen and oxygen atoms in total. The summed E-state index contributed by atoms with van der Waals surface area (Å²) < 4.78 is 5.64. The third-order valence-electron chi connectivity index (χ3n) is 8.97. The average Bonchev–Trinajstić information content (AvgIpc) is 2.64. The predicted molar refractivity (Wildman–Crippen MR) is 100 cm³/mol. The number of aliphatic hydroxyl groups excluding tert-OH is 5. The van der Waals surface area contributed by atoms with Gasteiger partial charge in [-0.15, -0.1) is 0 Å². The fraction of sp³-hybridized carbons (Fsp3) is 0.857. The van der Waals surface area contributed by atoms with E-state index in [2.05, 4.69) is 0 Å². The maximum atomic E-state index is 12.5. The van der Waals surface area contributed by atoms with Crippen LogP contribution < -0.4 is 0 Å². The number of aliphatic hydroxyl groups is 6. The highest BCUT2D eigenvalue weighted by Crippen LogP contribution is 2.70. The summed E-state index contributed by atoms with van der Waals surface area (Å²) in [5.41, 5.74) is -3.09. The number of esters is 1. The van der Waals surface area contributed by atoms with E-state index in [-0.39, 0.29) is 6.42 Å². The summed E-state index contributed by atoms with van der Waals surface area (Å²) >= 11 is 0. The van der Waals surface area contributed by atoms with Crippen LogP contribution in [0.4, 0.5) is 0 Å². The lowest BCUT2D eigenvalue weighted by atomic mass is 9.36. The molecule has 0 aromatic carbocycles. The van der Waals surface area contributed by atoms with Crippen molar-refractivity contribution in [3.8, 4) is 0 Å². The first-order valence-corrected chi connectivity index (χ1v) is 10.3. The molecule has 164 valence electrons. The van der Waals surface area contributed by atoms with E-state index < -0.39 is 76.8 Å². The highest BCUT2D eigenvalue weighted by atomic mass is 16.6. The van der Waals surface area contributed by atoms with Gasteiger partial charge in [0.1, 0.15) is 11.7 Å². The van der Waals surface area contributed by atoms with E-state index in [1.54, 1.807) is 13.8 Å². The predicted octanol–water partition coefficient (Wildman–Crippen LogP) is -0.904. The van der Waals surface area contributed by atoms with Crippen molar-refractivity contribution in [3.63, 3.8) is 0 Å². The van der Waals surface area contributed by atoms with Crippen molar-refractivity contribution in [1.29, 1.82) is 0 Å². The Hall–Kier alpha value is -1.03. The van der Waals surface area contributed by atoms with Crippen molar-refractivity contribution in [3.05, 3.63) is 11.1 Å². The Bertz CT molecular complexity index is 781. The number of rotatable bonds is 0. The Morgan fingerprint density at radius 1 is 1.03 bits per heavy atom. The third-order valence-corrected chi connectivity index (χ3v) is 8.97. The molecule has 1 heterocycles. The first kappa shape index (κ1) is 21.2. The van der Waals surface area contributed by atoms with Crippen molar-refractivity contribution >= 4 is 5.97 Å². The summed E-state index contributed by atoms with van der Waals surface area (Å²) in [7, 11) is 0. The van der Waals surface area contributed by atoms with E-state index in [1.807, 2.05) is 13.8 Å². The summed E-state index contributed by atoms with van der Waals surface area (Å²) in [6.45, 7) is 8.52. The Kier molecular flexibility index (Phi) is 4.40. The molecule has 3 aliphatic carbocycles. The van der Waals surface area contributed by atoms with Gasteiger partial charge in [0.25, 0.3) is 0 Å². The van der Waals surface area contributed by atoms with Crippen molar-refractivity contribution in [2.75, 3.05) is 0 Å². The van der Waals surface area contributed by atoms with E-state index in [4.69, 9.17) is 4.74 Å². The largest absolute Gasteiger partial charge is 0.459 e. The second kappa shape index (κ2) is 6.02. The molecule has 4 rings (SSSR count). The summed E-state index contributed by atoms with van der Waals surface area (Å²) in [5, 5.41) is 66.3. The van der Waals surface area contributed by atoms with Crippen LogP contribution in [0, 0.1) is 28.6 Å². The Morgan fingerprint density at radius 2 is 1.62 bits per heavy atom. The third kappa shape index (κ3) is 2.08. The fourth-order valence-corrected chi connectivity index (χ4v) is 7.82. The molecular weight excluding hydrogens is 380 g/mol. The summed E-state index contributed by atoms with van der Waals surface area (Å²) in [5.74, 6) is -3.41. The zero-order chi connectivity index (χ0) is 21.8. The number of fused-ring (bicyclic) bond motifs is 2. The van der Waals surface area contributed by atoms with Crippen molar-refractivity contribution < 1.29 is 40.2 Å². The van der Waals surface area contributed by atoms with Crippen molar-refractivity contribution in [2.24, 2.45) is 28.6 Å². The van der Waals surface area contributed by atoms with Crippen LogP contribution in [0.15, 0.2) is 11.1 Å². The molecule has 0 bridgehead atoms. The SMILES string of the molecule is CC1=C2[C@@H](C)[C@H]3OC(=O)[C@H](O)[C@@]4(O)[C@@H](C)[C@@H](O)[C@H](O)[C@H]([C@@]2(C)[C@H](O)[C@@H](O)C1)[C@@]34C. The molecule has 1 aliphatic heterocycles. The minimum atomic E-state index is -2.09. The lowest BCUT2D eigenvalue weighted by Crippen LogP contribution is -2.83. The minimum absolute atomic E-state index is 0.239. The highest BCUT2D eigenvalue weighted by Gasteiger charge is 2.80. The minimum Gasteiger partial charge on any atom is -0.459 e. The molecule has 3 fully saturated rings. The van der Waals surface area contributed by atoms with Gasteiger partial charge in [0.2, 0.25) is 0 Å². The maximum absolute atomic E-state index is 12.5. The number of hydrogen-bond acceptors (Lipinski definition) is 8. The van der Waals surface area contributed by atoms with Gasteiger partial charge >= 0.3 is 5.97 Å². The molecule has 12 atom stereocenters. The van der Waals surface area contributed by atoms with Crippen LogP contribution in [-0.2, 0) is 9.53 Å². The molecule has 0 spiro atoms. The van der Waals surface area contributed by atoms with Crippen LogP contribution in [0.5, 0.6) is 0 Å². The summed E-state index contributed by atoms with van der Waals surface area (Å²) in [6.07, 6.45) is -7.71. The van der Waals surface area contributed by atoms with E-state index in [9.17, 15) is 35.4 Å². The molecular formula is C21H32O8. The maximum Gasteiger partial charge on any atom is 0.338 e. The van der Waals surface area contributed by atoms with Gasteiger partial charge in [0, 0.05) is 28.6 Å². The number of carbonyl (C=O) groups excluding carboxylic acids is 1. The van der Waals surface area contributed by atoms with E-state index in [0.717, 1.165) is 11.1 Å². The molecule has 0 aromatic heterocycles. The first-order chi connectivity index (χ1) is 13.3. The molecule has 29 heavy (non-hydrogen) atoms. The van der Waals surface area contributed by atoms with Gasteiger partial charge in [-0.1, -0.05) is 38.8 Å². The number of hydrogen-bond donors (Lipinski definition) is 6. The zero-order valence-corrected chi connectivity index (χ0v) is 17.4. The van der Waals surface area contributed by atoms with Crippen LogP contribution in [-0.4, -0.2) is 78.8 Å². The van der Waals surface area contributed by atoms with E-state index >= 15 is 0 Å². The molecule has 2 saturated carbocycles. The zero-order valence-electron chi connectivity index (χ0n) is 17.4. The molecule has 1 saturated heterocycles. The standard InChI is InChI=1S/C21H32O8/c1-7-6-10(22)15(25)19(4)11(7)8(2)17-20(5)14(19)13(24)12(23)9(3)21(20,28)16(26)18(27)29-17/h8-10,12-17,22-26,28H,6H2,1-5H3/t8-,9+,10+,12-,13+,14-,15-,16+,17-,19+,20+,21+/m1/s1. The highest BCUT2D eigenvalue weighted by molar-refractivity contribution is 5.78. The van der Waals surface area contributed by atoms with Gasteiger partial charge in [-0.05, 0) is 13.3 Å². The fourth-order valence-electron chi connectivity index (χ4n) is 7.82. The van der Waals surface area contributed by atoms with Gasteiger partial charge in [0.15, 0.2) is 6.10 Å². The van der Waals surface area contributed by atoms with Gasteiger partial charge in [-0.3, -0.25) is 0 Å². The molecule has 0 aromatic rings.